The van der Waals surface area contributed by atoms with Gasteiger partial charge in [-0.1, -0.05) is 0 Å². The number of carbonyl (C=O) groups is 1. The second kappa shape index (κ2) is 6.38. The Balaban J connectivity index is 2.20. The van der Waals surface area contributed by atoms with Gasteiger partial charge >= 0.3 is 0 Å². The van der Waals surface area contributed by atoms with E-state index in [1.165, 1.54) is 24.3 Å². The summed E-state index contributed by atoms with van der Waals surface area (Å²) in [5, 5.41) is 3.33. The zero-order chi connectivity index (χ0) is 11.3. The van der Waals surface area contributed by atoms with Gasteiger partial charge in [-0.2, -0.15) is 11.8 Å². The van der Waals surface area contributed by atoms with Gasteiger partial charge in [0.25, 0.3) is 0 Å². The minimum Gasteiger partial charge on any atom is -0.347 e. The SMILES string of the molecule is CC(NCC1CCSCC1)C(=O)N(C)C. The van der Waals surface area contributed by atoms with Gasteiger partial charge in [-0.25, -0.2) is 0 Å². The fraction of sp³-hybridized carbons (Fsp3) is 0.909. The second-order valence-electron chi connectivity index (χ2n) is 4.42. The van der Waals surface area contributed by atoms with Crippen LogP contribution in [-0.4, -0.2) is 49.0 Å². The molecule has 1 saturated heterocycles. The fourth-order valence-corrected chi connectivity index (χ4v) is 2.97. The number of thioether (sulfide) groups is 1. The molecule has 1 rings (SSSR count). The van der Waals surface area contributed by atoms with E-state index in [9.17, 15) is 4.79 Å². The Morgan fingerprint density at radius 1 is 1.47 bits per heavy atom. The van der Waals surface area contributed by atoms with Crippen molar-refractivity contribution in [3.63, 3.8) is 0 Å². The Morgan fingerprint density at radius 3 is 2.60 bits per heavy atom. The van der Waals surface area contributed by atoms with Gasteiger partial charge in [0.2, 0.25) is 5.91 Å². The molecule has 0 spiro atoms. The highest BCUT2D eigenvalue weighted by Gasteiger charge is 2.18. The molecule has 0 radical (unpaired) electrons. The fourth-order valence-electron chi connectivity index (χ4n) is 1.77. The first kappa shape index (κ1) is 12.8. The third kappa shape index (κ3) is 4.43. The van der Waals surface area contributed by atoms with E-state index in [-0.39, 0.29) is 11.9 Å². The summed E-state index contributed by atoms with van der Waals surface area (Å²) in [7, 11) is 3.61. The lowest BCUT2D eigenvalue weighted by Crippen LogP contribution is -2.43. The zero-order valence-electron chi connectivity index (χ0n) is 9.95. The molecule has 1 amide bonds. The van der Waals surface area contributed by atoms with Crippen LogP contribution in [0.1, 0.15) is 19.8 Å². The number of nitrogens with zero attached hydrogens (tertiary/aromatic N) is 1. The van der Waals surface area contributed by atoms with Crippen molar-refractivity contribution in [3.8, 4) is 0 Å². The van der Waals surface area contributed by atoms with Gasteiger partial charge in [0.15, 0.2) is 0 Å². The molecule has 0 saturated carbocycles. The summed E-state index contributed by atoms with van der Waals surface area (Å²) in [5.41, 5.74) is 0. The largest absolute Gasteiger partial charge is 0.347 e. The van der Waals surface area contributed by atoms with Gasteiger partial charge in [-0.15, -0.1) is 0 Å². The monoisotopic (exact) mass is 230 g/mol. The minimum absolute atomic E-state index is 0.0467. The zero-order valence-corrected chi connectivity index (χ0v) is 10.8. The van der Waals surface area contributed by atoms with Crippen molar-refractivity contribution in [3.05, 3.63) is 0 Å². The van der Waals surface area contributed by atoms with E-state index in [1.807, 2.05) is 18.7 Å². The van der Waals surface area contributed by atoms with Gasteiger partial charge in [0.1, 0.15) is 0 Å². The molecule has 0 aliphatic carbocycles. The molecular weight excluding hydrogens is 208 g/mol. The van der Waals surface area contributed by atoms with Crippen LogP contribution < -0.4 is 5.32 Å². The Labute approximate surface area is 97.0 Å². The second-order valence-corrected chi connectivity index (χ2v) is 5.64. The van der Waals surface area contributed by atoms with E-state index < -0.39 is 0 Å². The summed E-state index contributed by atoms with van der Waals surface area (Å²) in [4.78, 5) is 13.2. The van der Waals surface area contributed by atoms with E-state index in [0.717, 1.165) is 12.5 Å². The van der Waals surface area contributed by atoms with Crippen molar-refractivity contribution in [1.29, 1.82) is 0 Å². The van der Waals surface area contributed by atoms with Gasteiger partial charge in [-0.3, -0.25) is 4.79 Å². The maximum absolute atomic E-state index is 11.6. The molecule has 1 aliphatic rings. The highest BCUT2D eigenvalue weighted by molar-refractivity contribution is 7.99. The normalized spacial score (nSPS) is 19.9. The molecule has 0 aromatic heterocycles. The number of hydrogen-bond acceptors (Lipinski definition) is 3. The third-order valence-corrected chi connectivity index (χ3v) is 3.91. The van der Waals surface area contributed by atoms with Crippen LogP contribution in [0.4, 0.5) is 0 Å². The van der Waals surface area contributed by atoms with Crippen molar-refractivity contribution in [2.45, 2.75) is 25.8 Å². The van der Waals surface area contributed by atoms with Gasteiger partial charge < -0.3 is 10.2 Å². The number of amides is 1. The van der Waals surface area contributed by atoms with Gasteiger partial charge in [-0.05, 0) is 43.7 Å². The average molecular weight is 230 g/mol. The number of hydrogen-bond donors (Lipinski definition) is 1. The topological polar surface area (TPSA) is 32.3 Å². The average Bonchev–Trinajstić information content (AvgIpc) is 2.26. The summed E-state index contributed by atoms with van der Waals surface area (Å²) in [6.07, 6.45) is 2.58. The Kier molecular flexibility index (Phi) is 5.47. The molecule has 1 heterocycles. The molecule has 1 aliphatic heterocycles. The predicted molar refractivity (Wildman–Crippen MR) is 66.2 cm³/mol. The van der Waals surface area contributed by atoms with Crippen LogP contribution in [-0.2, 0) is 4.79 Å². The lowest BCUT2D eigenvalue weighted by atomic mass is 10.0. The molecule has 0 aromatic carbocycles. The van der Waals surface area contributed by atoms with Crippen molar-refractivity contribution < 1.29 is 4.79 Å². The third-order valence-electron chi connectivity index (χ3n) is 2.86. The Morgan fingerprint density at radius 2 is 2.07 bits per heavy atom. The van der Waals surface area contributed by atoms with Crippen molar-refractivity contribution in [2.24, 2.45) is 5.92 Å². The highest BCUT2D eigenvalue weighted by Crippen LogP contribution is 2.21. The number of nitrogens with one attached hydrogen (secondary N) is 1. The summed E-state index contributed by atoms with van der Waals surface area (Å²) in [6.45, 7) is 2.93. The lowest BCUT2D eigenvalue weighted by Gasteiger charge is -2.24. The Hall–Kier alpha value is -0.220. The van der Waals surface area contributed by atoms with Crippen LogP contribution in [0, 0.1) is 5.92 Å². The molecule has 0 aromatic rings. The van der Waals surface area contributed by atoms with Crippen LogP contribution in [0.3, 0.4) is 0 Å². The molecule has 1 unspecified atom stereocenters. The van der Waals surface area contributed by atoms with E-state index in [4.69, 9.17) is 0 Å². The first-order chi connectivity index (χ1) is 7.11. The summed E-state index contributed by atoms with van der Waals surface area (Å²) in [5.74, 6) is 3.49. The molecule has 88 valence electrons. The first-order valence-electron chi connectivity index (χ1n) is 5.63. The summed E-state index contributed by atoms with van der Waals surface area (Å²) in [6, 6.07) is -0.0467. The molecule has 0 bridgehead atoms. The van der Waals surface area contributed by atoms with Crippen molar-refractivity contribution in [1.82, 2.24) is 10.2 Å². The van der Waals surface area contributed by atoms with Crippen LogP contribution in [0.2, 0.25) is 0 Å². The smallest absolute Gasteiger partial charge is 0.238 e. The minimum atomic E-state index is -0.0467. The molecule has 1 fully saturated rings. The molecule has 1 N–H and O–H groups in total. The first-order valence-corrected chi connectivity index (χ1v) is 6.79. The molecule has 3 nitrogen and oxygen atoms in total. The van der Waals surface area contributed by atoms with Crippen LogP contribution in [0.5, 0.6) is 0 Å². The van der Waals surface area contributed by atoms with Crippen molar-refractivity contribution in [2.75, 3.05) is 32.1 Å². The van der Waals surface area contributed by atoms with Crippen molar-refractivity contribution >= 4 is 17.7 Å². The van der Waals surface area contributed by atoms with Gasteiger partial charge in [0.05, 0.1) is 6.04 Å². The summed E-state index contributed by atoms with van der Waals surface area (Å²) >= 11 is 2.04. The molecule has 15 heavy (non-hydrogen) atoms. The molecule has 4 heteroatoms. The van der Waals surface area contributed by atoms with Crippen LogP contribution in [0.25, 0.3) is 0 Å². The molecule has 1 atom stereocenters. The van der Waals surface area contributed by atoms with Gasteiger partial charge in [0, 0.05) is 14.1 Å². The summed E-state index contributed by atoms with van der Waals surface area (Å²) < 4.78 is 0. The maximum atomic E-state index is 11.6. The van der Waals surface area contributed by atoms with Crippen LogP contribution >= 0.6 is 11.8 Å². The molecular formula is C11H22N2OS. The Bertz CT molecular complexity index is 203. The predicted octanol–water partition coefficient (Wildman–Crippen LogP) is 1.20. The standard InChI is InChI=1S/C11H22N2OS/c1-9(11(14)13(2)3)12-8-10-4-6-15-7-5-10/h9-10,12H,4-8H2,1-3H3. The van der Waals surface area contributed by atoms with Crippen LogP contribution in [0.15, 0.2) is 0 Å². The quantitative estimate of drug-likeness (QED) is 0.787. The van der Waals surface area contributed by atoms with E-state index in [1.54, 1.807) is 19.0 Å². The number of likely N-dealkylation sites (N-methyl/N-ethyl adjacent to an activating group) is 1. The maximum Gasteiger partial charge on any atom is 0.238 e. The van der Waals surface area contributed by atoms with E-state index >= 15 is 0 Å². The highest BCUT2D eigenvalue weighted by atomic mass is 32.2. The number of carbonyl (C=O) groups excluding carboxylic acids is 1. The number of rotatable bonds is 4. The van der Waals surface area contributed by atoms with E-state index in [0.29, 0.717) is 0 Å². The van der Waals surface area contributed by atoms with E-state index in [2.05, 4.69) is 5.32 Å². The lowest BCUT2D eigenvalue weighted by molar-refractivity contribution is -0.130.